The maximum absolute atomic E-state index is 13.5. The second-order valence-electron chi connectivity index (χ2n) is 9.07. The third-order valence-electron chi connectivity index (χ3n) is 6.38. The van der Waals surface area contributed by atoms with E-state index in [4.69, 9.17) is 21.1 Å². The van der Waals surface area contributed by atoms with Crippen LogP contribution in [-0.2, 0) is 9.59 Å². The summed E-state index contributed by atoms with van der Waals surface area (Å²) in [5, 5.41) is 11.9. The summed E-state index contributed by atoms with van der Waals surface area (Å²) in [5.74, 6) is -0.307. The molecular formula is C32H26ClNO5. The maximum Gasteiger partial charge on any atom is 0.300 e. The lowest BCUT2D eigenvalue weighted by molar-refractivity contribution is -0.132. The van der Waals surface area contributed by atoms with Crippen molar-refractivity contribution in [1.82, 2.24) is 0 Å². The quantitative estimate of drug-likeness (QED) is 0.150. The Morgan fingerprint density at radius 2 is 1.64 bits per heavy atom. The van der Waals surface area contributed by atoms with Crippen LogP contribution in [0.15, 0.2) is 103 Å². The molecule has 1 N–H and O–H groups in total. The fraction of sp³-hybridized carbons (Fsp3) is 0.125. The van der Waals surface area contributed by atoms with Crippen LogP contribution in [0.1, 0.15) is 29.7 Å². The molecule has 7 heteroatoms. The van der Waals surface area contributed by atoms with Crippen LogP contribution in [0.4, 0.5) is 5.69 Å². The zero-order chi connectivity index (χ0) is 27.5. The molecule has 0 spiro atoms. The molecule has 6 nitrogen and oxygen atoms in total. The second-order valence-corrected chi connectivity index (χ2v) is 9.48. The van der Waals surface area contributed by atoms with Crippen LogP contribution < -0.4 is 14.4 Å². The van der Waals surface area contributed by atoms with E-state index in [0.29, 0.717) is 45.7 Å². The number of anilines is 1. The van der Waals surface area contributed by atoms with Crippen molar-refractivity contribution in [2.75, 3.05) is 11.5 Å². The standard InChI is InChI=1S/C32H26ClNO5/c1-3-38-27-19-22(15-16-26(27)33)30(35)28-29(34(32(37)31(28)36)23-11-7-9-20(2)17-23)21-10-8-14-25(18-21)39-24-12-5-4-6-13-24/h4-19,29,35H,3H2,1-2H3/b30-28-. The number of rotatable bonds is 7. The molecule has 5 rings (SSSR count). The number of nitrogens with zero attached hydrogens (tertiary/aromatic N) is 1. The van der Waals surface area contributed by atoms with E-state index in [1.165, 1.54) is 4.90 Å². The lowest BCUT2D eigenvalue weighted by Crippen LogP contribution is -2.29. The number of hydrogen-bond acceptors (Lipinski definition) is 5. The minimum absolute atomic E-state index is 0.0388. The van der Waals surface area contributed by atoms with Gasteiger partial charge in [0.15, 0.2) is 0 Å². The topological polar surface area (TPSA) is 76.1 Å². The minimum atomic E-state index is -0.905. The fourth-order valence-corrected chi connectivity index (χ4v) is 4.81. The van der Waals surface area contributed by atoms with Crippen molar-refractivity contribution in [2.24, 2.45) is 0 Å². The Bertz CT molecular complexity index is 1580. The van der Waals surface area contributed by atoms with Crippen molar-refractivity contribution >= 4 is 34.7 Å². The van der Waals surface area contributed by atoms with Crippen molar-refractivity contribution < 1.29 is 24.2 Å². The lowest BCUT2D eigenvalue weighted by atomic mass is 9.94. The van der Waals surface area contributed by atoms with Gasteiger partial charge in [0.1, 0.15) is 23.0 Å². The third-order valence-corrected chi connectivity index (χ3v) is 6.69. The average Bonchev–Trinajstić information content (AvgIpc) is 3.20. The first-order valence-electron chi connectivity index (χ1n) is 12.5. The Kier molecular flexibility index (Phi) is 7.39. The number of amides is 1. The number of benzene rings is 4. The van der Waals surface area contributed by atoms with Crippen LogP contribution in [0.25, 0.3) is 5.76 Å². The van der Waals surface area contributed by atoms with Crippen molar-refractivity contribution in [3.05, 3.63) is 124 Å². The average molecular weight is 540 g/mol. The number of ketones is 1. The van der Waals surface area contributed by atoms with Gasteiger partial charge in [-0.1, -0.05) is 54.1 Å². The predicted molar refractivity (Wildman–Crippen MR) is 152 cm³/mol. The summed E-state index contributed by atoms with van der Waals surface area (Å²) in [6, 6.07) is 27.6. The Balaban J connectivity index is 1.67. The van der Waals surface area contributed by atoms with E-state index in [2.05, 4.69) is 0 Å². The molecule has 0 saturated carbocycles. The normalized spacial score (nSPS) is 16.4. The van der Waals surface area contributed by atoms with Gasteiger partial charge in [0, 0.05) is 11.3 Å². The van der Waals surface area contributed by atoms with Crippen LogP contribution in [0.3, 0.4) is 0 Å². The van der Waals surface area contributed by atoms with Gasteiger partial charge >= 0.3 is 0 Å². The van der Waals surface area contributed by atoms with E-state index < -0.39 is 17.7 Å². The number of para-hydroxylation sites is 1. The number of carbonyl (C=O) groups is 2. The van der Waals surface area contributed by atoms with E-state index in [9.17, 15) is 14.7 Å². The first-order chi connectivity index (χ1) is 18.9. The Hall–Kier alpha value is -4.55. The summed E-state index contributed by atoms with van der Waals surface area (Å²) < 4.78 is 11.6. The largest absolute Gasteiger partial charge is 0.507 e. The highest BCUT2D eigenvalue weighted by Gasteiger charge is 2.47. The van der Waals surface area contributed by atoms with Gasteiger partial charge in [-0.3, -0.25) is 14.5 Å². The summed E-state index contributed by atoms with van der Waals surface area (Å²) in [6.45, 7) is 4.10. The molecule has 1 unspecified atom stereocenters. The van der Waals surface area contributed by atoms with Crippen molar-refractivity contribution in [3.8, 4) is 17.2 Å². The molecular weight excluding hydrogens is 514 g/mol. The number of carbonyl (C=O) groups excluding carboxylic acids is 2. The van der Waals surface area contributed by atoms with Gasteiger partial charge in [0.05, 0.1) is 23.2 Å². The summed E-state index contributed by atoms with van der Waals surface area (Å²) >= 11 is 6.25. The molecule has 4 aromatic carbocycles. The number of hydrogen-bond donors (Lipinski definition) is 1. The van der Waals surface area contributed by atoms with Gasteiger partial charge in [0.2, 0.25) is 0 Å². The molecule has 196 valence electrons. The maximum atomic E-state index is 13.5. The molecule has 0 bridgehead atoms. The second kappa shape index (κ2) is 11.1. The Morgan fingerprint density at radius 1 is 0.897 bits per heavy atom. The number of aliphatic hydroxyl groups excluding tert-OH is 1. The van der Waals surface area contributed by atoms with Crippen LogP contribution in [0.5, 0.6) is 17.2 Å². The SMILES string of the molecule is CCOc1cc(/C(O)=C2/C(=O)C(=O)N(c3cccc(C)c3)C2c2cccc(Oc3ccccc3)c2)ccc1Cl. The first-order valence-corrected chi connectivity index (χ1v) is 12.9. The first kappa shape index (κ1) is 26.1. The summed E-state index contributed by atoms with van der Waals surface area (Å²) in [5.41, 5.74) is 2.34. The molecule has 0 aromatic heterocycles. The van der Waals surface area contributed by atoms with Gasteiger partial charge in [-0.2, -0.15) is 0 Å². The number of ether oxygens (including phenoxy) is 2. The molecule has 1 aliphatic heterocycles. The van der Waals surface area contributed by atoms with E-state index in [1.807, 2.05) is 62.4 Å². The number of halogens is 1. The number of aryl methyl sites for hydroxylation is 1. The highest BCUT2D eigenvalue weighted by atomic mass is 35.5. The molecule has 0 aliphatic carbocycles. The van der Waals surface area contributed by atoms with E-state index in [0.717, 1.165) is 5.56 Å². The zero-order valence-corrected chi connectivity index (χ0v) is 22.2. The van der Waals surface area contributed by atoms with Crippen LogP contribution in [0, 0.1) is 6.92 Å². The van der Waals surface area contributed by atoms with Crippen LogP contribution in [0.2, 0.25) is 5.02 Å². The van der Waals surface area contributed by atoms with Crippen molar-refractivity contribution in [2.45, 2.75) is 19.9 Å². The monoisotopic (exact) mass is 539 g/mol. The highest BCUT2D eigenvalue weighted by molar-refractivity contribution is 6.51. The Labute approximate surface area is 231 Å². The number of Topliss-reactive ketones (excluding diaryl/α,β-unsaturated/α-hetero) is 1. The summed E-state index contributed by atoms with van der Waals surface area (Å²) in [7, 11) is 0. The van der Waals surface area contributed by atoms with Gasteiger partial charge in [-0.15, -0.1) is 0 Å². The van der Waals surface area contributed by atoms with E-state index in [-0.39, 0.29) is 11.3 Å². The minimum Gasteiger partial charge on any atom is -0.507 e. The molecule has 1 amide bonds. The van der Waals surface area contributed by atoms with Crippen LogP contribution in [-0.4, -0.2) is 23.4 Å². The van der Waals surface area contributed by atoms with Crippen molar-refractivity contribution in [3.63, 3.8) is 0 Å². The van der Waals surface area contributed by atoms with Gasteiger partial charge in [-0.05, 0) is 79.6 Å². The summed E-state index contributed by atoms with van der Waals surface area (Å²) in [4.78, 5) is 28.4. The van der Waals surface area contributed by atoms with Crippen LogP contribution >= 0.6 is 11.6 Å². The fourth-order valence-electron chi connectivity index (χ4n) is 4.64. The molecule has 1 atom stereocenters. The van der Waals surface area contributed by atoms with Crippen molar-refractivity contribution in [1.29, 1.82) is 0 Å². The highest BCUT2D eigenvalue weighted by Crippen LogP contribution is 2.43. The molecule has 1 saturated heterocycles. The molecule has 4 aromatic rings. The molecule has 0 radical (unpaired) electrons. The van der Waals surface area contributed by atoms with Gasteiger partial charge in [-0.25, -0.2) is 0 Å². The number of aliphatic hydroxyl groups is 1. The lowest BCUT2D eigenvalue weighted by Gasteiger charge is -2.26. The van der Waals surface area contributed by atoms with E-state index in [1.54, 1.807) is 48.5 Å². The van der Waals surface area contributed by atoms with Gasteiger partial charge in [0.25, 0.3) is 11.7 Å². The van der Waals surface area contributed by atoms with E-state index >= 15 is 0 Å². The molecule has 39 heavy (non-hydrogen) atoms. The third kappa shape index (κ3) is 5.24. The molecule has 1 aliphatic rings. The predicted octanol–water partition coefficient (Wildman–Crippen LogP) is 7.47. The molecule has 1 heterocycles. The zero-order valence-electron chi connectivity index (χ0n) is 21.4. The molecule has 1 fully saturated rings. The smallest absolute Gasteiger partial charge is 0.300 e. The Morgan fingerprint density at radius 3 is 2.38 bits per heavy atom. The van der Waals surface area contributed by atoms with Gasteiger partial charge < -0.3 is 14.6 Å². The summed E-state index contributed by atoms with van der Waals surface area (Å²) in [6.07, 6.45) is 0.